The minimum Gasteiger partial charge on any atom is -0.493 e. The molecule has 0 fully saturated rings. The van der Waals surface area contributed by atoms with Gasteiger partial charge in [-0.2, -0.15) is 0 Å². The number of carbonyl (C=O) groups excluding carboxylic acids is 2. The SMILES string of the molecule is CCOC(=O)C(c1ccc(OC)c(OC)c1)C1C=CC(NC(=O)c2ccc(F)cc2F)C1. The molecule has 2 aromatic carbocycles. The monoisotopic (exact) mass is 445 g/mol. The van der Waals surface area contributed by atoms with E-state index in [9.17, 15) is 18.4 Å². The molecule has 3 unspecified atom stereocenters. The Labute approximate surface area is 185 Å². The lowest BCUT2D eigenvalue weighted by Crippen LogP contribution is -2.34. The molecule has 0 aliphatic heterocycles. The Morgan fingerprint density at radius 1 is 1.06 bits per heavy atom. The van der Waals surface area contributed by atoms with Gasteiger partial charge in [0, 0.05) is 12.1 Å². The number of rotatable bonds is 8. The highest BCUT2D eigenvalue weighted by Crippen LogP contribution is 2.38. The zero-order valence-electron chi connectivity index (χ0n) is 18.1. The maximum absolute atomic E-state index is 13.9. The minimum absolute atomic E-state index is 0.225. The van der Waals surface area contributed by atoms with E-state index in [1.807, 2.05) is 6.08 Å². The zero-order chi connectivity index (χ0) is 23.3. The smallest absolute Gasteiger partial charge is 0.314 e. The van der Waals surface area contributed by atoms with Gasteiger partial charge in [0.1, 0.15) is 11.6 Å². The van der Waals surface area contributed by atoms with E-state index in [4.69, 9.17) is 14.2 Å². The molecule has 0 bridgehead atoms. The maximum Gasteiger partial charge on any atom is 0.314 e. The summed E-state index contributed by atoms with van der Waals surface area (Å²) in [5, 5.41) is 2.72. The van der Waals surface area contributed by atoms with Crippen molar-refractivity contribution in [2.24, 2.45) is 5.92 Å². The summed E-state index contributed by atoms with van der Waals surface area (Å²) in [6, 6.07) is 7.59. The van der Waals surface area contributed by atoms with E-state index in [1.165, 1.54) is 14.2 Å². The van der Waals surface area contributed by atoms with Crippen LogP contribution in [0.25, 0.3) is 0 Å². The van der Waals surface area contributed by atoms with Crippen LogP contribution in [0.2, 0.25) is 0 Å². The van der Waals surface area contributed by atoms with Gasteiger partial charge in [-0.15, -0.1) is 0 Å². The van der Waals surface area contributed by atoms with Crippen molar-refractivity contribution in [1.82, 2.24) is 5.32 Å². The molecule has 1 amide bonds. The molecule has 1 N–H and O–H groups in total. The van der Waals surface area contributed by atoms with Crippen LogP contribution in [-0.2, 0) is 9.53 Å². The standard InChI is InChI=1S/C24H25F2NO5/c1-4-32-24(29)22(15-6-10-20(30-2)21(12-15)31-3)14-5-8-17(11-14)27-23(28)18-9-7-16(25)13-19(18)26/h5-10,12-14,17,22H,4,11H2,1-3H3,(H,27,28). The van der Waals surface area contributed by atoms with E-state index in [2.05, 4.69) is 5.32 Å². The molecule has 1 aliphatic carbocycles. The number of amides is 1. The molecule has 3 rings (SSSR count). The molecule has 170 valence electrons. The topological polar surface area (TPSA) is 73.9 Å². The van der Waals surface area contributed by atoms with Crippen LogP contribution in [0.1, 0.15) is 35.2 Å². The highest BCUT2D eigenvalue weighted by atomic mass is 19.1. The Hall–Kier alpha value is -3.42. The van der Waals surface area contributed by atoms with E-state index in [0.717, 1.165) is 12.1 Å². The number of benzene rings is 2. The van der Waals surface area contributed by atoms with Crippen LogP contribution in [0.5, 0.6) is 11.5 Å². The normalized spacial score (nSPS) is 18.2. The van der Waals surface area contributed by atoms with Crippen molar-refractivity contribution in [3.63, 3.8) is 0 Å². The molecule has 32 heavy (non-hydrogen) atoms. The number of halogens is 2. The summed E-state index contributed by atoms with van der Waals surface area (Å²) in [5.74, 6) is -2.62. The third-order valence-corrected chi connectivity index (χ3v) is 5.34. The number of ether oxygens (including phenoxy) is 3. The fourth-order valence-corrected chi connectivity index (χ4v) is 3.84. The van der Waals surface area contributed by atoms with Crippen molar-refractivity contribution < 1.29 is 32.6 Å². The average Bonchev–Trinajstić information content (AvgIpc) is 3.21. The van der Waals surface area contributed by atoms with Crippen LogP contribution in [0.15, 0.2) is 48.6 Å². The van der Waals surface area contributed by atoms with Gasteiger partial charge in [0.05, 0.1) is 32.3 Å². The lowest BCUT2D eigenvalue weighted by molar-refractivity contribution is -0.146. The second-order valence-corrected chi connectivity index (χ2v) is 7.33. The molecular formula is C24H25F2NO5. The van der Waals surface area contributed by atoms with Crippen molar-refractivity contribution in [1.29, 1.82) is 0 Å². The van der Waals surface area contributed by atoms with Gasteiger partial charge in [0.2, 0.25) is 0 Å². The van der Waals surface area contributed by atoms with Gasteiger partial charge in [-0.1, -0.05) is 18.2 Å². The van der Waals surface area contributed by atoms with Crippen LogP contribution in [0, 0.1) is 17.6 Å². The number of hydrogen-bond acceptors (Lipinski definition) is 5. The minimum atomic E-state index is -0.934. The van der Waals surface area contributed by atoms with Crippen molar-refractivity contribution >= 4 is 11.9 Å². The molecule has 1 aliphatic rings. The van der Waals surface area contributed by atoms with Crippen LogP contribution in [0.3, 0.4) is 0 Å². The molecule has 0 saturated carbocycles. The second kappa shape index (κ2) is 10.3. The fraction of sp³-hybridized carbons (Fsp3) is 0.333. The first-order valence-corrected chi connectivity index (χ1v) is 10.2. The summed E-state index contributed by atoms with van der Waals surface area (Å²) in [7, 11) is 3.04. The van der Waals surface area contributed by atoms with Crippen LogP contribution in [-0.4, -0.2) is 38.7 Å². The van der Waals surface area contributed by atoms with Crippen molar-refractivity contribution in [2.75, 3.05) is 20.8 Å². The van der Waals surface area contributed by atoms with Gasteiger partial charge in [-0.25, -0.2) is 8.78 Å². The third kappa shape index (κ3) is 5.07. The molecule has 6 nitrogen and oxygen atoms in total. The lowest BCUT2D eigenvalue weighted by Gasteiger charge is -2.23. The highest BCUT2D eigenvalue weighted by molar-refractivity contribution is 5.94. The number of nitrogens with one attached hydrogen (secondary N) is 1. The Kier molecular flexibility index (Phi) is 7.45. The van der Waals surface area contributed by atoms with Gasteiger partial charge >= 0.3 is 5.97 Å². The molecule has 0 spiro atoms. The molecule has 0 heterocycles. The summed E-state index contributed by atoms with van der Waals surface area (Å²) in [5.41, 5.74) is 0.442. The van der Waals surface area contributed by atoms with E-state index in [-0.39, 0.29) is 18.1 Å². The number of allylic oxidation sites excluding steroid dienone is 1. The first-order chi connectivity index (χ1) is 15.4. The predicted molar refractivity (Wildman–Crippen MR) is 114 cm³/mol. The van der Waals surface area contributed by atoms with E-state index in [1.54, 1.807) is 31.2 Å². The number of carbonyl (C=O) groups is 2. The van der Waals surface area contributed by atoms with E-state index < -0.39 is 35.5 Å². The maximum atomic E-state index is 13.9. The lowest BCUT2D eigenvalue weighted by atomic mass is 9.85. The van der Waals surface area contributed by atoms with E-state index in [0.29, 0.717) is 29.5 Å². The molecule has 3 atom stereocenters. The number of hydrogen-bond donors (Lipinski definition) is 1. The van der Waals surface area contributed by atoms with Crippen molar-refractivity contribution in [3.8, 4) is 11.5 Å². The van der Waals surface area contributed by atoms with Gasteiger partial charge < -0.3 is 19.5 Å². The summed E-state index contributed by atoms with van der Waals surface area (Å²) >= 11 is 0. The molecule has 8 heteroatoms. The average molecular weight is 445 g/mol. The molecule has 0 aromatic heterocycles. The summed E-state index contributed by atoms with van der Waals surface area (Å²) in [6.07, 6.45) is 4.01. The van der Waals surface area contributed by atoms with Crippen LogP contribution < -0.4 is 14.8 Å². The van der Waals surface area contributed by atoms with Gasteiger partial charge in [-0.3, -0.25) is 9.59 Å². The summed E-state index contributed by atoms with van der Waals surface area (Å²) < 4.78 is 43.0. The number of esters is 1. The fourth-order valence-electron chi connectivity index (χ4n) is 3.84. The summed E-state index contributed by atoms with van der Waals surface area (Å²) in [4.78, 5) is 25.3. The third-order valence-electron chi connectivity index (χ3n) is 5.34. The van der Waals surface area contributed by atoms with Gasteiger partial charge in [0.25, 0.3) is 5.91 Å². The zero-order valence-corrected chi connectivity index (χ0v) is 18.1. The van der Waals surface area contributed by atoms with Crippen LogP contribution in [0.4, 0.5) is 8.78 Å². The Bertz CT molecular complexity index is 1020. The highest BCUT2D eigenvalue weighted by Gasteiger charge is 2.35. The Morgan fingerprint density at radius 3 is 2.47 bits per heavy atom. The van der Waals surface area contributed by atoms with Crippen LogP contribution >= 0.6 is 0 Å². The van der Waals surface area contributed by atoms with Crippen molar-refractivity contribution in [2.45, 2.75) is 25.3 Å². The summed E-state index contributed by atoms with van der Waals surface area (Å²) in [6.45, 7) is 1.96. The Balaban J connectivity index is 1.79. The van der Waals surface area contributed by atoms with E-state index >= 15 is 0 Å². The first kappa shape index (κ1) is 23.2. The predicted octanol–water partition coefficient (Wildman–Crippen LogP) is 4.00. The largest absolute Gasteiger partial charge is 0.493 e. The Morgan fingerprint density at radius 2 is 1.81 bits per heavy atom. The molecule has 0 radical (unpaired) electrons. The number of methoxy groups -OCH3 is 2. The molecular weight excluding hydrogens is 420 g/mol. The van der Waals surface area contributed by atoms with Crippen molar-refractivity contribution in [3.05, 3.63) is 71.3 Å². The quantitative estimate of drug-likeness (QED) is 0.491. The molecule has 0 saturated heterocycles. The first-order valence-electron chi connectivity index (χ1n) is 10.2. The molecule has 2 aromatic rings. The second-order valence-electron chi connectivity index (χ2n) is 7.33. The van der Waals surface area contributed by atoms with Gasteiger partial charge in [0.15, 0.2) is 11.5 Å². The van der Waals surface area contributed by atoms with Gasteiger partial charge in [-0.05, 0) is 49.1 Å².